The van der Waals surface area contributed by atoms with Crippen LogP contribution in [0.15, 0.2) is 32.2 Å². The molecule has 2 aromatic rings. The molecule has 3 N–H and O–H groups in total. The van der Waals surface area contributed by atoms with Crippen LogP contribution in [0.25, 0.3) is 0 Å². The Morgan fingerprint density at radius 1 is 1.47 bits per heavy atom. The van der Waals surface area contributed by atoms with Crippen LogP contribution in [0.2, 0.25) is 0 Å². The summed E-state index contributed by atoms with van der Waals surface area (Å²) in [5, 5.41) is 0. The van der Waals surface area contributed by atoms with E-state index >= 15 is 0 Å². The van der Waals surface area contributed by atoms with Gasteiger partial charge in [0.05, 0.1) is 10.2 Å². The van der Waals surface area contributed by atoms with E-state index < -0.39 is 20.7 Å². The highest BCUT2D eigenvalue weighted by atomic mass is 79.9. The molecule has 1 aromatic carbocycles. The van der Waals surface area contributed by atoms with Gasteiger partial charge in [0.25, 0.3) is 10.0 Å². The first-order chi connectivity index (χ1) is 8.79. The van der Waals surface area contributed by atoms with Crippen molar-refractivity contribution in [3.8, 4) is 0 Å². The molecule has 0 bridgehead atoms. The van der Waals surface area contributed by atoms with Gasteiger partial charge in [-0.25, -0.2) is 17.5 Å². The van der Waals surface area contributed by atoms with Crippen molar-refractivity contribution in [2.45, 2.75) is 11.8 Å². The summed E-state index contributed by atoms with van der Waals surface area (Å²) in [7, 11) is -4.17. The quantitative estimate of drug-likeness (QED) is 0.828. The second-order valence-electron chi connectivity index (χ2n) is 3.71. The fourth-order valence-corrected chi connectivity index (χ4v) is 3.03. The Morgan fingerprint density at radius 2 is 2.16 bits per heavy atom. The number of sulfonamides is 1. The molecular formula is C10H9BrFN3O3S. The minimum Gasteiger partial charge on any atom is -0.431 e. The predicted octanol–water partition coefficient (Wildman–Crippen LogP) is 2.27. The molecule has 2 rings (SSSR count). The van der Waals surface area contributed by atoms with E-state index in [4.69, 9.17) is 10.2 Å². The number of aryl methyl sites for hydroxylation is 1. The summed E-state index contributed by atoms with van der Waals surface area (Å²) in [4.78, 5) is 3.19. The summed E-state index contributed by atoms with van der Waals surface area (Å²) in [5.74, 6) is -0.940. The molecule has 0 saturated heterocycles. The lowest BCUT2D eigenvalue weighted by Crippen LogP contribution is -2.15. The molecule has 102 valence electrons. The molecule has 9 heteroatoms. The van der Waals surface area contributed by atoms with E-state index in [1.54, 1.807) is 6.92 Å². The molecule has 0 amide bonds. The molecule has 0 fully saturated rings. The summed E-state index contributed by atoms with van der Waals surface area (Å²) in [5.41, 5.74) is 6.10. The molecule has 0 aliphatic rings. The maximum absolute atomic E-state index is 13.8. The average Bonchev–Trinajstić information content (AvgIpc) is 2.68. The first-order valence-electron chi connectivity index (χ1n) is 4.99. The molecule has 0 saturated carbocycles. The summed E-state index contributed by atoms with van der Waals surface area (Å²) >= 11 is 2.89. The van der Waals surface area contributed by atoms with Gasteiger partial charge in [-0.15, -0.1) is 0 Å². The van der Waals surface area contributed by atoms with Crippen molar-refractivity contribution in [3.05, 3.63) is 34.4 Å². The number of halogens is 2. The summed E-state index contributed by atoms with van der Waals surface area (Å²) in [6.45, 7) is 1.62. The fourth-order valence-electron chi connectivity index (χ4n) is 1.35. The lowest BCUT2D eigenvalue weighted by molar-refractivity contribution is 0.557. The van der Waals surface area contributed by atoms with Crippen molar-refractivity contribution < 1.29 is 17.2 Å². The Balaban J connectivity index is 2.45. The highest BCUT2D eigenvalue weighted by Gasteiger charge is 2.23. The normalized spacial score (nSPS) is 11.5. The van der Waals surface area contributed by atoms with Crippen LogP contribution in [-0.2, 0) is 10.0 Å². The SMILES string of the molecule is Cc1coc(NS(=O)(=O)c2cc(N)cc(Br)c2F)n1. The van der Waals surface area contributed by atoms with Gasteiger partial charge in [0.15, 0.2) is 5.82 Å². The lowest BCUT2D eigenvalue weighted by atomic mass is 10.3. The monoisotopic (exact) mass is 349 g/mol. The van der Waals surface area contributed by atoms with E-state index in [0.29, 0.717) is 5.69 Å². The minimum atomic E-state index is -4.17. The zero-order chi connectivity index (χ0) is 14.2. The van der Waals surface area contributed by atoms with E-state index in [9.17, 15) is 12.8 Å². The summed E-state index contributed by atoms with van der Waals surface area (Å²) in [6.07, 6.45) is 1.27. The number of hydrogen-bond acceptors (Lipinski definition) is 5. The largest absolute Gasteiger partial charge is 0.431 e. The maximum atomic E-state index is 13.8. The highest BCUT2D eigenvalue weighted by Crippen LogP contribution is 2.27. The van der Waals surface area contributed by atoms with Gasteiger partial charge in [-0.3, -0.25) is 0 Å². The van der Waals surface area contributed by atoms with Crippen molar-refractivity contribution >= 4 is 37.7 Å². The Labute approximate surface area is 117 Å². The zero-order valence-corrected chi connectivity index (χ0v) is 12.0. The number of nitrogens with one attached hydrogen (secondary N) is 1. The number of anilines is 2. The van der Waals surface area contributed by atoms with Gasteiger partial charge in [0.1, 0.15) is 11.2 Å². The molecule has 1 aromatic heterocycles. The van der Waals surface area contributed by atoms with Crippen molar-refractivity contribution in [2.75, 3.05) is 10.5 Å². The molecule has 6 nitrogen and oxygen atoms in total. The Bertz CT molecular complexity index is 730. The Hall–Kier alpha value is -1.61. The van der Waals surface area contributed by atoms with Gasteiger partial charge in [-0.1, -0.05) is 0 Å². The van der Waals surface area contributed by atoms with E-state index in [1.165, 1.54) is 12.3 Å². The maximum Gasteiger partial charge on any atom is 0.309 e. The number of nitrogens with zero attached hydrogens (tertiary/aromatic N) is 1. The molecule has 0 aliphatic heterocycles. The molecule has 19 heavy (non-hydrogen) atoms. The zero-order valence-electron chi connectivity index (χ0n) is 9.65. The third-order valence-electron chi connectivity index (χ3n) is 2.15. The number of aromatic nitrogens is 1. The van der Waals surface area contributed by atoms with Crippen LogP contribution in [0.4, 0.5) is 16.1 Å². The van der Waals surface area contributed by atoms with E-state index in [0.717, 1.165) is 6.07 Å². The topological polar surface area (TPSA) is 98.2 Å². The first-order valence-corrected chi connectivity index (χ1v) is 7.26. The van der Waals surface area contributed by atoms with Crippen molar-refractivity contribution in [1.29, 1.82) is 0 Å². The average molecular weight is 350 g/mol. The predicted molar refractivity (Wildman–Crippen MR) is 70.6 cm³/mol. The van der Waals surface area contributed by atoms with E-state index in [1.807, 2.05) is 4.72 Å². The van der Waals surface area contributed by atoms with Gasteiger partial charge in [-0.05, 0) is 35.0 Å². The summed E-state index contributed by atoms with van der Waals surface area (Å²) < 4.78 is 44.7. The Morgan fingerprint density at radius 3 is 2.74 bits per heavy atom. The molecule has 0 atom stereocenters. The van der Waals surface area contributed by atoms with E-state index in [-0.39, 0.29) is 16.2 Å². The van der Waals surface area contributed by atoms with Crippen molar-refractivity contribution in [3.63, 3.8) is 0 Å². The molecule has 0 aliphatic carbocycles. The standard InChI is InChI=1S/C10H9BrFN3O3S/c1-5-4-18-10(14-5)15-19(16,17)8-3-6(13)2-7(11)9(8)12/h2-4H,13H2,1H3,(H,14,15). The molecule has 0 spiro atoms. The van der Waals surface area contributed by atoms with Crippen LogP contribution in [0, 0.1) is 12.7 Å². The van der Waals surface area contributed by atoms with Crippen molar-refractivity contribution in [2.24, 2.45) is 0 Å². The molecule has 0 unspecified atom stereocenters. The van der Waals surface area contributed by atoms with Gasteiger partial charge >= 0.3 is 6.01 Å². The Kier molecular flexibility index (Phi) is 3.50. The smallest absolute Gasteiger partial charge is 0.309 e. The highest BCUT2D eigenvalue weighted by molar-refractivity contribution is 9.10. The van der Waals surface area contributed by atoms with Crippen LogP contribution in [0.5, 0.6) is 0 Å². The fraction of sp³-hybridized carbons (Fsp3) is 0.100. The van der Waals surface area contributed by atoms with Gasteiger partial charge in [0.2, 0.25) is 0 Å². The number of oxazole rings is 1. The third kappa shape index (κ3) is 2.87. The molecule has 0 radical (unpaired) electrons. The second-order valence-corrected chi connectivity index (χ2v) is 6.22. The number of rotatable bonds is 3. The number of nitrogens with two attached hydrogens (primary N) is 1. The van der Waals surface area contributed by atoms with Crippen LogP contribution in [0.3, 0.4) is 0 Å². The van der Waals surface area contributed by atoms with Crippen LogP contribution >= 0.6 is 15.9 Å². The second kappa shape index (κ2) is 4.82. The number of nitrogen functional groups attached to an aromatic ring is 1. The van der Waals surface area contributed by atoms with Crippen LogP contribution in [0.1, 0.15) is 5.69 Å². The van der Waals surface area contributed by atoms with Gasteiger partial charge in [0, 0.05) is 5.69 Å². The lowest BCUT2D eigenvalue weighted by Gasteiger charge is -2.08. The number of benzene rings is 1. The van der Waals surface area contributed by atoms with Crippen LogP contribution < -0.4 is 10.5 Å². The third-order valence-corrected chi connectivity index (χ3v) is 4.04. The summed E-state index contributed by atoms with van der Waals surface area (Å²) in [6, 6.07) is 2.04. The van der Waals surface area contributed by atoms with Gasteiger partial charge in [-0.2, -0.15) is 4.98 Å². The minimum absolute atomic E-state index is 0.0449. The van der Waals surface area contributed by atoms with Crippen LogP contribution in [-0.4, -0.2) is 13.4 Å². The molecular weight excluding hydrogens is 341 g/mol. The van der Waals surface area contributed by atoms with E-state index in [2.05, 4.69) is 20.9 Å². The molecule has 1 heterocycles. The van der Waals surface area contributed by atoms with Crippen molar-refractivity contribution in [1.82, 2.24) is 4.98 Å². The first kappa shape index (κ1) is 13.8. The number of hydrogen-bond donors (Lipinski definition) is 2. The van der Waals surface area contributed by atoms with Gasteiger partial charge < -0.3 is 10.2 Å².